The predicted octanol–water partition coefficient (Wildman–Crippen LogP) is 5.56. The lowest BCUT2D eigenvalue weighted by atomic mass is 9.80. The number of aromatic nitrogens is 1. The van der Waals surface area contributed by atoms with Crippen LogP contribution in [0.1, 0.15) is 49.9 Å². The molecule has 1 aromatic heterocycles. The van der Waals surface area contributed by atoms with E-state index >= 15 is 0 Å². The van der Waals surface area contributed by atoms with Crippen LogP contribution in [0.2, 0.25) is 0 Å². The number of carbonyl (C=O) groups is 2. The van der Waals surface area contributed by atoms with Gasteiger partial charge in [-0.3, -0.25) is 9.78 Å². The minimum Gasteiger partial charge on any atom is -0.497 e. The third-order valence-corrected chi connectivity index (χ3v) is 6.46. The molecule has 4 aromatic rings. The summed E-state index contributed by atoms with van der Waals surface area (Å²) in [7, 11) is 1.55. The number of benzene rings is 3. The Kier molecular flexibility index (Phi) is 6.09. The van der Waals surface area contributed by atoms with Gasteiger partial charge in [0.25, 0.3) is 0 Å². The number of pyridine rings is 1. The van der Waals surface area contributed by atoms with Gasteiger partial charge in [-0.1, -0.05) is 60.7 Å². The van der Waals surface area contributed by atoms with E-state index in [9.17, 15) is 9.59 Å². The monoisotopic (exact) mass is 451 g/mol. The summed E-state index contributed by atoms with van der Waals surface area (Å²) in [6, 6.07) is 24.8. The van der Waals surface area contributed by atoms with E-state index in [0.29, 0.717) is 29.2 Å². The third kappa shape index (κ3) is 4.29. The summed E-state index contributed by atoms with van der Waals surface area (Å²) < 4.78 is 10.8. The zero-order valence-corrected chi connectivity index (χ0v) is 19.0. The van der Waals surface area contributed by atoms with Crippen molar-refractivity contribution in [2.75, 3.05) is 13.7 Å². The summed E-state index contributed by atoms with van der Waals surface area (Å²) in [5.41, 5.74) is 4.87. The van der Waals surface area contributed by atoms with E-state index < -0.39 is 5.97 Å². The van der Waals surface area contributed by atoms with Gasteiger partial charge in [0.2, 0.25) is 0 Å². The molecule has 0 saturated carbocycles. The molecule has 1 atom stereocenters. The van der Waals surface area contributed by atoms with Crippen LogP contribution in [0, 0.1) is 0 Å². The maximum absolute atomic E-state index is 13.4. The molecule has 1 aliphatic rings. The van der Waals surface area contributed by atoms with Crippen molar-refractivity contribution >= 4 is 22.7 Å². The molecule has 1 heterocycles. The first kappa shape index (κ1) is 21.8. The summed E-state index contributed by atoms with van der Waals surface area (Å²) in [6.45, 7) is -0.334. The molecule has 0 unspecified atom stereocenters. The number of esters is 1. The molecule has 0 aliphatic heterocycles. The maximum atomic E-state index is 13.4. The summed E-state index contributed by atoms with van der Waals surface area (Å²) in [4.78, 5) is 31.0. The second-order valence-corrected chi connectivity index (χ2v) is 8.51. The Morgan fingerprint density at radius 1 is 0.971 bits per heavy atom. The third-order valence-electron chi connectivity index (χ3n) is 6.46. The highest BCUT2D eigenvalue weighted by atomic mass is 16.5. The highest BCUT2D eigenvalue weighted by molar-refractivity contribution is 6.06. The number of hydrogen-bond donors (Lipinski definition) is 0. The summed E-state index contributed by atoms with van der Waals surface area (Å²) in [6.07, 6.45) is 2.49. The molecule has 0 fully saturated rings. The van der Waals surface area contributed by atoms with Crippen LogP contribution in [0.25, 0.3) is 10.9 Å². The molecule has 5 nitrogen and oxygen atoms in total. The number of hydrogen-bond acceptors (Lipinski definition) is 5. The molecule has 0 spiro atoms. The number of aryl methyl sites for hydroxylation is 1. The van der Waals surface area contributed by atoms with Crippen LogP contribution >= 0.6 is 0 Å². The van der Waals surface area contributed by atoms with Gasteiger partial charge in [0.1, 0.15) is 5.75 Å². The van der Waals surface area contributed by atoms with Gasteiger partial charge in [0.15, 0.2) is 12.4 Å². The van der Waals surface area contributed by atoms with E-state index in [4.69, 9.17) is 14.5 Å². The number of rotatable bonds is 6. The van der Waals surface area contributed by atoms with Crippen LogP contribution in [-0.4, -0.2) is 30.5 Å². The normalized spacial score (nSPS) is 14.9. The highest BCUT2D eigenvalue weighted by Gasteiger charge is 2.28. The Balaban J connectivity index is 1.46. The molecule has 5 heteroatoms. The number of fused-ring (bicyclic) bond motifs is 2. The topological polar surface area (TPSA) is 65.5 Å². The summed E-state index contributed by atoms with van der Waals surface area (Å²) >= 11 is 0. The van der Waals surface area contributed by atoms with Crippen LogP contribution < -0.4 is 4.74 Å². The molecule has 34 heavy (non-hydrogen) atoms. The lowest BCUT2D eigenvalue weighted by molar-refractivity contribution is 0.0475. The standard InChI is InChI=1S/C29H25NO4/c1-33-22-11-7-10-21(16-22)27(31)18-34-29(32)28-23-12-5-6-13-25(23)30-26-15-14-20(17-24(26)28)19-8-3-2-4-9-19/h2-13,16,20H,14-15,17-18H2,1H3/t20-/m1/s1. The van der Waals surface area contributed by atoms with Gasteiger partial charge in [0.05, 0.1) is 18.2 Å². The first-order valence-corrected chi connectivity index (χ1v) is 11.4. The van der Waals surface area contributed by atoms with Gasteiger partial charge in [-0.15, -0.1) is 0 Å². The highest BCUT2D eigenvalue weighted by Crippen LogP contribution is 2.36. The second-order valence-electron chi connectivity index (χ2n) is 8.51. The van der Waals surface area contributed by atoms with Crippen molar-refractivity contribution in [3.05, 3.63) is 107 Å². The molecule has 0 N–H and O–H groups in total. The Morgan fingerprint density at radius 3 is 2.59 bits per heavy atom. The SMILES string of the molecule is COc1cccc(C(=O)COC(=O)c2c3c(nc4ccccc24)CC[C@@H](c2ccccc2)C3)c1. The number of carbonyl (C=O) groups excluding carboxylic acids is 2. The van der Waals surface area contributed by atoms with Gasteiger partial charge >= 0.3 is 5.97 Å². The fraction of sp³-hybridized carbons (Fsp3) is 0.207. The molecule has 170 valence electrons. The molecule has 5 rings (SSSR count). The van der Waals surface area contributed by atoms with Crippen molar-refractivity contribution in [2.45, 2.75) is 25.2 Å². The summed E-state index contributed by atoms with van der Waals surface area (Å²) in [5.74, 6) is 0.126. The number of para-hydroxylation sites is 1. The number of methoxy groups -OCH3 is 1. The zero-order valence-electron chi connectivity index (χ0n) is 19.0. The molecule has 0 saturated heterocycles. The van der Waals surface area contributed by atoms with Crippen LogP contribution in [-0.2, 0) is 17.6 Å². The minimum atomic E-state index is -0.486. The van der Waals surface area contributed by atoms with Crippen molar-refractivity contribution < 1.29 is 19.1 Å². The Hall–Kier alpha value is -3.99. The number of nitrogens with zero attached hydrogens (tertiary/aromatic N) is 1. The van der Waals surface area contributed by atoms with Gasteiger partial charge < -0.3 is 9.47 Å². The fourth-order valence-corrected chi connectivity index (χ4v) is 4.71. The minimum absolute atomic E-state index is 0.276. The average Bonchev–Trinajstić information content (AvgIpc) is 2.90. The summed E-state index contributed by atoms with van der Waals surface area (Å²) in [5, 5.41) is 0.758. The average molecular weight is 452 g/mol. The fourth-order valence-electron chi connectivity index (χ4n) is 4.71. The van der Waals surface area contributed by atoms with Crippen LogP contribution in [0.5, 0.6) is 5.75 Å². The van der Waals surface area contributed by atoms with E-state index in [1.54, 1.807) is 31.4 Å². The van der Waals surface area contributed by atoms with Gasteiger partial charge in [-0.25, -0.2) is 4.79 Å². The number of Topliss-reactive ketones (excluding diaryl/α,β-unsaturated/α-hetero) is 1. The van der Waals surface area contributed by atoms with E-state index in [1.807, 2.05) is 42.5 Å². The second kappa shape index (κ2) is 9.48. The van der Waals surface area contributed by atoms with Gasteiger partial charge in [0, 0.05) is 16.6 Å². The lowest BCUT2D eigenvalue weighted by Crippen LogP contribution is -2.21. The number of ether oxygens (including phenoxy) is 2. The van der Waals surface area contributed by atoms with Crippen LogP contribution in [0.15, 0.2) is 78.9 Å². The van der Waals surface area contributed by atoms with E-state index in [1.165, 1.54) is 5.56 Å². The smallest absolute Gasteiger partial charge is 0.339 e. The molecule has 1 aliphatic carbocycles. The van der Waals surface area contributed by atoms with Gasteiger partial charge in [-0.2, -0.15) is 0 Å². The molecule has 3 aromatic carbocycles. The van der Waals surface area contributed by atoms with Crippen molar-refractivity contribution in [3.63, 3.8) is 0 Å². The van der Waals surface area contributed by atoms with E-state index in [2.05, 4.69) is 12.1 Å². The molecule has 0 bridgehead atoms. The van der Waals surface area contributed by atoms with Gasteiger partial charge in [-0.05, 0) is 54.5 Å². The molecular formula is C29H25NO4. The Bertz CT molecular complexity index is 1360. The maximum Gasteiger partial charge on any atom is 0.339 e. The quantitative estimate of drug-likeness (QED) is 0.284. The Labute approximate surface area is 198 Å². The van der Waals surface area contributed by atoms with E-state index in [0.717, 1.165) is 35.0 Å². The Morgan fingerprint density at radius 2 is 1.76 bits per heavy atom. The molecule has 0 radical (unpaired) electrons. The first-order valence-electron chi connectivity index (χ1n) is 11.4. The van der Waals surface area contributed by atoms with Crippen LogP contribution in [0.3, 0.4) is 0 Å². The van der Waals surface area contributed by atoms with Crippen molar-refractivity contribution in [1.29, 1.82) is 0 Å². The predicted molar refractivity (Wildman–Crippen MR) is 131 cm³/mol. The van der Waals surface area contributed by atoms with Crippen molar-refractivity contribution in [2.24, 2.45) is 0 Å². The first-order chi connectivity index (χ1) is 16.6. The number of ketones is 1. The molecule has 0 amide bonds. The lowest BCUT2D eigenvalue weighted by Gasteiger charge is -2.26. The molecular weight excluding hydrogens is 426 g/mol. The van der Waals surface area contributed by atoms with E-state index in [-0.39, 0.29) is 12.4 Å². The van der Waals surface area contributed by atoms with Crippen molar-refractivity contribution in [3.8, 4) is 5.75 Å². The largest absolute Gasteiger partial charge is 0.497 e. The van der Waals surface area contributed by atoms with Crippen LogP contribution in [0.4, 0.5) is 0 Å². The van der Waals surface area contributed by atoms with Crippen molar-refractivity contribution in [1.82, 2.24) is 4.98 Å². The zero-order chi connectivity index (χ0) is 23.5.